The molecule has 11 nitrogen and oxygen atoms in total. The van der Waals surface area contributed by atoms with E-state index in [0.29, 0.717) is 19.3 Å². The van der Waals surface area contributed by atoms with Crippen LogP contribution < -0.4 is 5.32 Å². The number of carbonyl (C=O) groups excluding carboxylic acids is 1. The van der Waals surface area contributed by atoms with Crippen molar-refractivity contribution >= 4 is 5.91 Å². The zero-order valence-corrected chi connectivity index (χ0v) is 56.3. The van der Waals surface area contributed by atoms with Crippen molar-refractivity contribution in [3.63, 3.8) is 0 Å². The van der Waals surface area contributed by atoms with Gasteiger partial charge in [0.2, 0.25) is 5.91 Å². The van der Waals surface area contributed by atoms with Gasteiger partial charge in [0.1, 0.15) is 36.6 Å². The highest BCUT2D eigenvalue weighted by Gasteiger charge is 2.44. The molecule has 0 saturated carbocycles. The lowest BCUT2D eigenvalue weighted by molar-refractivity contribution is -0.303. The summed E-state index contributed by atoms with van der Waals surface area (Å²) in [5, 5.41) is 76.5. The molecule has 86 heavy (non-hydrogen) atoms. The van der Waals surface area contributed by atoms with E-state index < -0.39 is 74.2 Å². The normalized spacial score (nSPS) is 18.9. The monoisotopic (exact) mass is 1220 g/mol. The van der Waals surface area contributed by atoms with Gasteiger partial charge in [-0.2, -0.15) is 0 Å². The lowest BCUT2D eigenvalue weighted by atomic mass is 9.98. The van der Waals surface area contributed by atoms with Gasteiger partial charge in [0.25, 0.3) is 0 Å². The number of hydrogen-bond acceptors (Lipinski definition) is 10. The summed E-state index contributed by atoms with van der Waals surface area (Å²) in [7, 11) is 0. The van der Waals surface area contributed by atoms with Crippen LogP contribution in [-0.4, -0.2) is 110 Å². The Kier molecular flexibility index (Phi) is 60.8. The van der Waals surface area contributed by atoms with Gasteiger partial charge in [-0.1, -0.05) is 326 Å². The zero-order valence-electron chi connectivity index (χ0n) is 56.3. The van der Waals surface area contributed by atoms with Gasteiger partial charge >= 0.3 is 0 Å². The fraction of sp³-hybridized carbons (Fsp3) is 0.907. The zero-order chi connectivity index (χ0) is 62.4. The van der Waals surface area contributed by atoms with E-state index >= 15 is 0 Å². The second kappa shape index (κ2) is 63.5. The third kappa shape index (κ3) is 50.0. The first kappa shape index (κ1) is 82.3. The largest absolute Gasteiger partial charge is 0.394 e. The first-order chi connectivity index (χ1) is 42.2. The fourth-order valence-corrected chi connectivity index (χ4v) is 12.2. The van der Waals surface area contributed by atoms with Crippen LogP contribution in [0.4, 0.5) is 0 Å². The lowest BCUT2D eigenvalue weighted by Gasteiger charge is -2.40. The van der Waals surface area contributed by atoms with Crippen molar-refractivity contribution in [1.29, 1.82) is 0 Å². The van der Waals surface area contributed by atoms with Crippen LogP contribution in [0.15, 0.2) is 36.5 Å². The number of allylic oxidation sites excluding steroid dienone is 6. The van der Waals surface area contributed by atoms with Crippen molar-refractivity contribution in [2.45, 2.75) is 422 Å². The van der Waals surface area contributed by atoms with Crippen LogP contribution in [0.1, 0.15) is 367 Å². The topological polar surface area (TPSA) is 189 Å². The maximum atomic E-state index is 13.3. The lowest BCUT2D eigenvalue weighted by Crippen LogP contribution is -2.60. The number of unbranched alkanes of at least 4 members (excludes halogenated alkanes) is 48. The highest BCUT2D eigenvalue weighted by molar-refractivity contribution is 5.80. The molecular formula is C75H143NO10. The van der Waals surface area contributed by atoms with Crippen LogP contribution in [0.5, 0.6) is 0 Å². The predicted molar refractivity (Wildman–Crippen MR) is 362 cm³/mol. The Morgan fingerprint density at radius 1 is 0.395 bits per heavy atom. The number of amides is 1. The Bertz CT molecular complexity index is 1490. The number of nitrogens with one attached hydrogen (secondary N) is 1. The second-order valence-electron chi connectivity index (χ2n) is 26.4. The van der Waals surface area contributed by atoms with Crippen molar-refractivity contribution < 1.29 is 50.0 Å². The summed E-state index contributed by atoms with van der Waals surface area (Å²) in [6.07, 6.45) is 71.2. The average molecular weight is 1220 g/mol. The molecule has 1 aliphatic heterocycles. The molecule has 9 atom stereocenters. The molecule has 1 heterocycles. The van der Waals surface area contributed by atoms with Crippen molar-refractivity contribution in [1.82, 2.24) is 5.32 Å². The molecule has 0 radical (unpaired) electrons. The molecule has 9 unspecified atom stereocenters. The third-order valence-corrected chi connectivity index (χ3v) is 18.1. The Balaban J connectivity index is 2.14. The van der Waals surface area contributed by atoms with E-state index in [1.165, 1.54) is 283 Å². The van der Waals surface area contributed by atoms with Crippen molar-refractivity contribution in [2.75, 3.05) is 13.2 Å². The molecule has 1 rings (SSSR count). The number of ether oxygens (including phenoxy) is 2. The summed E-state index contributed by atoms with van der Waals surface area (Å²) in [5.74, 6) is -0.705. The van der Waals surface area contributed by atoms with E-state index in [1.807, 2.05) is 0 Å². The molecule has 0 aromatic heterocycles. The minimum Gasteiger partial charge on any atom is -0.394 e. The maximum Gasteiger partial charge on any atom is 0.249 e. The van der Waals surface area contributed by atoms with Crippen LogP contribution in [0.2, 0.25) is 0 Å². The summed E-state index contributed by atoms with van der Waals surface area (Å²) >= 11 is 0. The van der Waals surface area contributed by atoms with Gasteiger partial charge < -0.3 is 50.5 Å². The highest BCUT2D eigenvalue weighted by Crippen LogP contribution is 2.24. The average Bonchev–Trinajstić information content (AvgIpc) is 2.94. The summed E-state index contributed by atoms with van der Waals surface area (Å²) < 4.78 is 11.2. The predicted octanol–water partition coefficient (Wildman–Crippen LogP) is 18.5. The SMILES string of the molecule is CCCCCCCCCCCCCC/C=C/CC/C=C/CCCC(O)C(O)C(COC1OC(CO)C(O)C(O)C1O)NC(=O)C(O)CCCCCCCCCCCCCCCCCC/C=C\CCCCCCCCCCCCCCCCCCCC. The molecule has 0 spiro atoms. The quantitative estimate of drug-likeness (QED) is 0.0215. The Labute approximate surface area is 530 Å². The number of aliphatic hydroxyl groups is 7. The number of aliphatic hydroxyl groups excluding tert-OH is 7. The van der Waals surface area contributed by atoms with Gasteiger partial charge in [0.15, 0.2) is 6.29 Å². The molecule has 1 saturated heterocycles. The summed E-state index contributed by atoms with van der Waals surface area (Å²) in [4.78, 5) is 13.3. The first-order valence-electron chi connectivity index (χ1n) is 37.4. The Hall–Kier alpha value is -1.67. The molecule has 0 aliphatic carbocycles. The van der Waals surface area contributed by atoms with E-state index in [4.69, 9.17) is 9.47 Å². The molecule has 0 aromatic carbocycles. The molecule has 0 bridgehead atoms. The van der Waals surface area contributed by atoms with E-state index in [0.717, 1.165) is 38.5 Å². The molecule has 508 valence electrons. The number of rotatable bonds is 66. The Morgan fingerprint density at radius 2 is 0.698 bits per heavy atom. The maximum absolute atomic E-state index is 13.3. The molecule has 1 fully saturated rings. The standard InChI is InChI=1S/C75H143NO10/c1-3-5-7-9-11-13-15-17-19-21-23-25-26-27-28-29-30-31-32-33-34-35-36-37-38-39-40-41-43-45-47-49-51-53-55-57-59-61-63-68(79)74(84)76-66(65-85-75-73(83)72(82)71(81)69(64-77)86-75)70(80)67(78)62-60-58-56-54-52-50-48-46-44-42-24-22-20-18-16-14-12-10-8-6-4-2/h33-34,46,48,54,56,66-73,75,77-83H,3-32,35-45,47,49-53,55,57-65H2,1-2H3,(H,76,84)/b34-33-,48-46+,56-54+. The minimum atomic E-state index is -1.67. The molecule has 1 amide bonds. The minimum absolute atomic E-state index is 0.248. The molecule has 0 aromatic rings. The molecule has 8 N–H and O–H groups in total. The van der Waals surface area contributed by atoms with Gasteiger partial charge in [0, 0.05) is 0 Å². The van der Waals surface area contributed by atoms with Crippen LogP contribution in [0.3, 0.4) is 0 Å². The second-order valence-corrected chi connectivity index (χ2v) is 26.4. The van der Waals surface area contributed by atoms with Crippen molar-refractivity contribution in [3.8, 4) is 0 Å². The van der Waals surface area contributed by atoms with E-state index in [1.54, 1.807) is 0 Å². The van der Waals surface area contributed by atoms with Gasteiger partial charge in [0.05, 0.1) is 25.4 Å². The van der Waals surface area contributed by atoms with Crippen LogP contribution in [-0.2, 0) is 14.3 Å². The van der Waals surface area contributed by atoms with Gasteiger partial charge in [-0.15, -0.1) is 0 Å². The van der Waals surface area contributed by atoms with E-state index in [9.17, 15) is 40.5 Å². The number of carbonyl (C=O) groups is 1. The summed E-state index contributed by atoms with van der Waals surface area (Å²) in [5.41, 5.74) is 0. The fourth-order valence-electron chi connectivity index (χ4n) is 12.2. The highest BCUT2D eigenvalue weighted by atomic mass is 16.7. The van der Waals surface area contributed by atoms with Crippen molar-refractivity contribution in [2.24, 2.45) is 0 Å². The third-order valence-electron chi connectivity index (χ3n) is 18.1. The summed E-state index contributed by atoms with van der Waals surface area (Å²) in [6, 6.07) is -1.19. The first-order valence-corrected chi connectivity index (χ1v) is 37.4. The smallest absolute Gasteiger partial charge is 0.249 e. The van der Waals surface area contributed by atoms with Gasteiger partial charge in [-0.3, -0.25) is 4.79 Å². The van der Waals surface area contributed by atoms with Gasteiger partial charge in [-0.05, 0) is 77.0 Å². The van der Waals surface area contributed by atoms with Gasteiger partial charge in [-0.25, -0.2) is 0 Å². The molecule has 11 heteroatoms. The van der Waals surface area contributed by atoms with Crippen LogP contribution in [0, 0.1) is 0 Å². The van der Waals surface area contributed by atoms with Crippen LogP contribution in [0.25, 0.3) is 0 Å². The van der Waals surface area contributed by atoms with E-state index in [-0.39, 0.29) is 12.8 Å². The molecular weight excluding hydrogens is 1070 g/mol. The summed E-state index contributed by atoms with van der Waals surface area (Å²) in [6.45, 7) is 3.49. The number of hydrogen-bond donors (Lipinski definition) is 8. The van der Waals surface area contributed by atoms with E-state index in [2.05, 4.69) is 55.6 Å². The van der Waals surface area contributed by atoms with Crippen LogP contribution >= 0.6 is 0 Å². The Morgan fingerprint density at radius 3 is 1.03 bits per heavy atom. The molecule has 1 aliphatic rings. The van der Waals surface area contributed by atoms with Crippen molar-refractivity contribution in [3.05, 3.63) is 36.5 Å².